The van der Waals surface area contributed by atoms with Crippen molar-refractivity contribution < 1.29 is 55.4 Å². The minimum Gasteiger partial charge on any atom is -1.00 e. The third-order valence-corrected chi connectivity index (χ3v) is 11.0. The summed E-state index contributed by atoms with van der Waals surface area (Å²) >= 11 is 0. The first-order chi connectivity index (χ1) is 18.9. The molecule has 0 aliphatic heterocycles. The Bertz CT molecular complexity index is 1190. The maximum atomic E-state index is 2.23. The summed E-state index contributed by atoms with van der Waals surface area (Å²) < 4.78 is 0. The number of hydrogen-bond acceptors (Lipinski definition) is 0. The van der Waals surface area contributed by atoms with Crippen LogP contribution in [0.2, 0.25) is 0 Å². The number of benzene rings is 6. The van der Waals surface area contributed by atoms with Crippen LogP contribution in [0.25, 0.3) is 0 Å². The van der Waals surface area contributed by atoms with Gasteiger partial charge in [-0.3, -0.25) is 0 Å². The largest absolute Gasteiger partial charge is 1.00 e. The first-order valence-corrected chi connectivity index (χ1v) is 15.5. The number of hydrogen-bond donors (Lipinski definition) is 0. The summed E-state index contributed by atoms with van der Waals surface area (Å²) in [6.07, 6.45) is 0. The van der Waals surface area contributed by atoms with E-state index in [-0.39, 0.29) is 55.4 Å². The van der Waals surface area contributed by atoms with Crippen LogP contribution < -0.4 is 55.8 Å². The van der Waals surface area contributed by atoms with Crippen molar-refractivity contribution in [2.24, 2.45) is 0 Å². The van der Waals surface area contributed by atoms with Gasteiger partial charge in [-0.2, -0.15) is 0 Å². The van der Waals surface area contributed by atoms with Gasteiger partial charge in [0, 0.05) is 20.4 Å². The van der Waals surface area contributed by atoms with Crippen LogP contribution in [0.3, 0.4) is 0 Å². The summed E-state index contributed by atoms with van der Waals surface area (Å²) in [4.78, 5) is 0. The molecule has 215 valence electrons. The Hall–Kier alpha value is -2.51. The predicted molar refractivity (Wildman–Crippen MR) is 178 cm³/mol. The van der Waals surface area contributed by atoms with Crippen LogP contribution >= 0.6 is 15.8 Å². The van der Waals surface area contributed by atoms with Crippen molar-refractivity contribution in [3.05, 3.63) is 182 Å². The fourth-order valence-electron chi connectivity index (χ4n) is 4.36. The Kier molecular flexibility index (Phi) is 18.2. The van der Waals surface area contributed by atoms with E-state index in [4.69, 9.17) is 0 Å². The van der Waals surface area contributed by atoms with Gasteiger partial charge in [0.05, 0.1) is 0 Å². The second kappa shape index (κ2) is 20.4. The van der Waals surface area contributed by atoms with Crippen molar-refractivity contribution in [3.8, 4) is 0 Å². The first kappa shape index (κ1) is 37.5. The van der Waals surface area contributed by atoms with E-state index in [1.807, 2.05) is 0 Å². The van der Waals surface area contributed by atoms with Crippen LogP contribution in [0.5, 0.6) is 0 Å². The molecular formula is C36H34IO2P2Re-. The van der Waals surface area contributed by atoms with Gasteiger partial charge in [0.15, 0.2) is 0 Å². The van der Waals surface area contributed by atoms with Gasteiger partial charge in [0.1, 0.15) is 0 Å². The fraction of sp³-hybridized carbons (Fsp3) is 0. The molecule has 4 N–H and O–H groups in total. The van der Waals surface area contributed by atoms with E-state index < -0.39 is 15.8 Å². The van der Waals surface area contributed by atoms with Crippen molar-refractivity contribution in [1.29, 1.82) is 0 Å². The molecule has 0 aliphatic carbocycles. The Balaban J connectivity index is 0.000000383. The number of halogens is 1. The van der Waals surface area contributed by atoms with Crippen LogP contribution in [-0.4, -0.2) is 11.0 Å². The zero-order chi connectivity index (χ0) is 25.8. The quantitative estimate of drug-likeness (QED) is 0.183. The molecular weight excluding hydrogens is 839 g/mol. The van der Waals surface area contributed by atoms with Gasteiger partial charge >= 0.3 is 0 Å². The normalized spacial score (nSPS) is 9.57. The summed E-state index contributed by atoms with van der Waals surface area (Å²) in [5.74, 6) is 0. The van der Waals surface area contributed by atoms with Gasteiger partial charge in [-0.05, 0) is 47.7 Å². The molecule has 1 radical (unpaired) electrons. The van der Waals surface area contributed by atoms with Gasteiger partial charge in [-0.25, -0.2) is 0 Å². The summed E-state index contributed by atoms with van der Waals surface area (Å²) in [5.41, 5.74) is 0. The zero-order valence-corrected chi connectivity index (χ0v) is 29.6. The van der Waals surface area contributed by atoms with E-state index in [0.29, 0.717) is 0 Å². The van der Waals surface area contributed by atoms with E-state index in [2.05, 4.69) is 182 Å². The average molecular weight is 874 g/mol. The molecule has 0 atom stereocenters. The summed E-state index contributed by atoms with van der Waals surface area (Å²) in [6, 6.07) is 64.7. The van der Waals surface area contributed by atoms with Gasteiger partial charge in [0.2, 0.25) is 0 Å². The van der Waals surface area contributed by atoms with Crippen LogP contribution in [0.15, 0.2) is 182 Å². The van der Waals surface area contributed by atoms with E-state index in [0.717, 1.165) is 0 Å². The average Bonchev–Trinajstić information content (AvgIpc) is 3.01. The molecule has 0 saturated heterocycles. The van der Waals surface area contributed by atoms with E-state index in [1.165, 1.54) is 31.8 Å². The maximum absolute atomic E-state index is 2.23. The van der Waals surface area contributed by atoms with E-state index >= 15 is 0 Å². The van der Waals surface area contributed by atoms with Gasteiger partial charge < -0.3 is 34.9 Å². The standard InChI is InChI=1S/2C18H15P.HI.2H2O.Re/c2*1-4-10-16(11-5-1)19(17-12-6-2-7-13-17)18-14-8-3-9-15-18;;;;/h2*1-15H;1H;2*1H2;/p-1. The molecule has 0 amide bonds. The zero-order valence-electron chi connectivity index (χ0n) is 23.0. The molecule has 6 aromatic carbocycles. The maximum Gasteiger partial charge on any atom is 0 e. The third-order valence-electron chi connectivity index (χ3n) is 6.09. The SMILES string of the molecule is O.O.[I-].[Re].c1ccc(P(c2ccccc2)c2ccccc2)cc1.c1ccc(P(c2ccccc2)c2ccccc2)cc1. The summed E-state index contributed by atoms with van der Waals surface area (Å²) in [7, 11) is -0.892. The molecule has 0 unspecified atom stereocenters. The van der Waals surface area contributed by atoms with Crippen molar-refractivity contribution in [2.75, 3.05) is 0 Å². The minimum absolute atomic E-state index is 0. The molecule has 0 bridgehead atoms. The molecule has 0 fully saturated rings. The van der Waals surface area contributed by atoms with Crippen molar-refractivity contribution >= 4 is 47.7 Å². The molecule has 0 saturated carbocycles. The molecule has 42 heavy (non-hydrogen) atoms. The van der Waals surface area contributed by atoms with Crippen LogP contribution in [-0.2, 0) is 20.4 Å². The molecule has 2 nitrogen and oxygen atoms in total. The van der Waals surface area contributed by atoms with Crippen molar-refractivity contribution in [2.45, 2.75) is 0 Å². The smallest absolute Gasteiger partial charge is 0 e. The van der Waals surface area contributed by atoms with Crippen LogP contribution in [0, 0.1) is 0 Å². The number of rotatable bonds is 6. The topological polar surface area (TPSA) is 63.0 Å². The summed E-state index contributed by atoms with van der Waals surface area (Å²) in [5, 5.41) is 8.39. The Labute approximate surface area is 283 Å². The molecule has 0 aliphatic rings. The fourth-order valence-corrected chi connectivity index (χ4v) is 8.97. The molecule has 0 aromatic heterocycles. The Morgan fingerprint density at radius 3 is 0.476 bits per heavy atom. The minimum atomic E-state index is -0.446. The molecule has 6 aromatic rings. The molecule has 0 heterocycles. The van der Waals surface area contributed by atoms with E-state index in [9.17, 15) is 0 Å². The Morgan fingerprint density at radius 2 is 0.357 bits per heavy atom. The first-order valence-electron chi connectivity index (χ1n) is 12.8. The predicted octanol–water partition coefficient (Wildman–Crippen LogP) is 2.24. The van der Waals surface area contributed by atoms with Crippen molar-refractivity contribution in [1.82, 2.24) is 0 Å². The van der Waals surface area contributed by atoms with Crippen LogP contribution in [0.4, 0.5) is 0 Å². The Morgan fingerprint density at radius 1 is 0.238 bits per heavy atom. The van der Waals surface area contributed by atoms with Gasteiger partial charge in [0.25, 0.3) is 0 Å². The summed E-state index contributed by atoms with van der Waals surface area (Å²) in [6.45, 7) is 0. The molecule has 6 heteroatoms. The third kappa shape index (κ3) is 10.3. The van der Waals surface area contributed by atoms with Crippen molar-refractivity contribution in [3.63, 3.8) is 0 Å². The van der Waals surface area contributed by atoms with Gasteiger partial charge in [-0.15, -0.1) is 0 Å². The molecule has 6 rings (SSSR count). The van der Waals surface area contributed by atoms with Gasteiger partial charge in [-0.1, -0.05) is 182 Å². The monoisotopic (exact) mass is 874 g/mol. The molecule has 0 spiro atoms. The van der Waals surface area contributed by atoms with E-state index in [1.54, 1.807) is 0 Å². The van der Waals surface area contributed by atoms with Crippen LogP contribution in [0.1, 0.15) is 0 Å². The second-order valence-electron chi connectivity index (χ2n) is 8.68. The second-order valence-corrected chi connectivity index (χ2v) is 13.1.